The molecular formula is C26H22Cl3N3O2. The average Bonchev–Trinajstić information content (AvgIpc) is 2.85. The standard InChI is InChI=1S/C26H22Cl3N3O2/c27-21-9-7-19(16-22(21)28)26(34)30-20-8-10-24(23(29)17-20)31-12-14-32(15-13-31)25(33)11-6-18-4-2-1-3-5-18/h1-11,16-17H,12-15H2,(H,30,34)/b11-6+. The number of nitrogens with one attached hydrogen (secondary N) is 1. The van der Waals surface area contributed by atoms with Crippen molar-refractivity contribution >= 4 is 64.1 Å². The van der Waals surface area contributed by atoms with Crippen LogP contribution < -0.4 is 10.2 Å². The van der Waals surface area contributed by atoms with Gasteiger partial charge >= 0.3 is 0 Å². The molecule has 34 heavy (non-hydrogen) atoms. The number of anilines is 2. The molecule has 0 bridgehead atoms. The Kier molecular flexibility index (Phi) is 7.78. The van der Waals surface area contributed by atoms with Gasteiger partial charge in [-0.15, -0.1) is 0 Å². The van der Waals surface area contributed by atoms with Gasteiger partial charge in [0.15, 0.2) is 0 Å². The van der Waals surface area contributed by atoms with E-state index in [9.17, 15) is 9.59 Å². The van der Waals surface area contributed by atoms with Crippen molar-refractivity contribution in [2.45, 2.75) is 0 Å². The third-order valence-corrected chi connectivity index (χ3v) is 6.58. The first-order valence-corrected chi connectivity index (χ1v) is 11.9. The highest BCUT2D eigenvalue weighted by Gasteiger charge is 2.21. The number of rotatable bonds is 5. The summed E-state index contributed by atoms with van der Waals surface area (Å²) in [6.07, 6.45) is 3.44. The minimum absolute atomic E-state index is 0.00466. The summed E-state index contributed by atoms with van der Waals surface area (Å²) in [4.78, 5) is 29.0. The molecule has 0 saturated carbocycles. The van der Waals surface area contributed by atoms with Gasteiger partial charge in [-0.05, 0) is 48.0 Å². The summed E-state index contributed by atoms with van der Waals surface area (Å²) in [5, 5.41) is 4.05. The second kappa shape index (κ2) is 11.0. The van der Waals surface area contributed by atoms with Crippen molar-refractivity contribution < 1.29 is 9.59 Å². The van der Waals surface area contributed by atoms with Crippen LogP contribution >= 0.6 is 34.8 Å². The molecule has 0 atom stereocenters. The van der Waals surface area contributed by atoms with Gasteiger partial charge in [-0.2, -0.15) is 0 Å². The van der Waals surface area contributed by atoms with Crippen molar-refractivity contribution in [3.05, 3.63) is 99.0 Å². The molecule has 1 N–H and O–H groups in total. The van der Waals surface area contributed by atoms with Gasteiger partial charge in [0.2, 0.25) is 5.91 Å². The average molecular weight is 515 g/mol. The van der Waals surface area contributed by atoms with Gasteiger partial charge in [0.05, 0.1) is 20.8 Å². The van der Waals surface area contributed by atoms with E-state index in [1.54, 1.807) is 30.3 Å². The Morgan fingerprint density at radius 2 is 1.53 bits per heavy atom. The fraction of sp³-hybridized carbons (Fsp3) is 0.154. The minimum atomic E-state index is -0.307. The maximum atomic E-state index is 12.5. The van der Waals surface area contributed by atoms with Crippen molar-refractivity contribution in [2.75, 3.05) is 36.4 Å². The molecule has 1 saturated heterocycles. The Labute approximate surface area is 213 Å². The van der Waals surface area contributed by atoms with Crippen LogP contribution in [-0.2, 0) is 4.79 Å². The Hall–Kier alpha value is -2.99. The van der Waals surface area contributed by atoms with Crippen LogP contribution in [0.4, 0.5) is 11.4 Å². The molecular weight excluding hydrogens is 493 g/mol. The van der Waals surface area contributed by atoms with Gasteiger partial charge in [0, 0.05) is 43.5 Å². The number of benzene rings is 3. The molecule has 3 aromatic rings. The summed E-state index contributed by atoms with van der Waals surface area (Å²) in [5.41, 5.74) is 2.83. The molecule has 0 aliphatic carbocycles. The number of halogens is 3. The van der Waals surface area contributed by atoms with E-state index < -0.39 is 0 Å². The molecule has 8 heteroatoms. The fourth-order valence-electron chi connectivity index (χ4n) is 3.69. The predicted molar refractivity (Wildman–Crippen MR) is 140 cm³/mol. The van der Waals surface area contributed by atoms with E-state index in [0.717, 1.165) is 11.3 Å². The van der Waals surface area contributed by atoms with Crippen molar-refractivity contribution in [1.29, 1.82) is 0 Å². The van der Waals surface area contributed by atoms with Crippen molar-refractivity contribution in [3.63, 3.8) is 0 Å². The van der Waals surface area contributed by atoms with Crippen LogP contribution in [0.15, 0.2) is 72.8 Å². The summed E-state index contributed by atoms with van der Waals surface area (Å²) in [5.74, 6) is -0.312. The summed E-state index contributed by atoms with van der Waals surface area (Å²) in [6, 6.07) is 19.8. The van der Waals surface area contributed by atoms with E-state index in [1.165, 1.54) is 6.07 Å². The molecule has 0 spiro atoms. The molecule has 0 aromatic heterocycles. The van der Waals surface area contributed by atoms with Crippen LogP contribution in [0.2, 0.25) is 15.1 Å². The Morgan fingerprint density at radius 3 is 2.21 bits per heavy atom. The lowest BCUT2D eigenvalue weighted by molar-refractivity contribution is -0.126. The topological polar surface area (TPSA) is 52.7 Å². The zero-order chi connectivity index (χ0) is 24.1. The molecule has 174 valence electrons. The number of piperazine rings is 1. The molecule has 1 heterocycles. The highest BCUT2D eigenvalue weighted by atomic mass is 35.5. The first-order valence-electron chi connectivity index (χ1n) is 10.7. The second-order valence-corrected chi connectivity index (χ2v) is 9.03. The van der Waals surface area contributed by atoms with Gasteiger partial charge in [-0.1, -0.05) is 65.1 Å². The maximum Gasteiger partial charge on any atom is 0.255 e. The van der Waals surface area contributed by atoms with Crippen molar-refractivity contribution in [1.82, 2.24) is 4.90 Å². The maximum absolute atomic E-state index is 12.5. The molecule has 3 aromatic carbocycles. The Morgan fingerprint density at radius 1 is 0.794 bits per heavy atom. The third kappa shape index (κ3) is 5.92. The van der Waals surface area contributed by atoms with Gasteiger partial charge < -0.3 is 15.1 Å². The Bertz CT molecular complexity index is 1220. The van der Waals surface area contributed by atoms with Crippen molar-refractivity contribution in [2.24, 2.45) is 0 Å². The molecule has 4 rings (SSSR count). The lowest BCUT2D eigenvalue weighted by Crippen LogP contribution is -2.48. The lowest BCUT2D eigenvalue weighted by Gasteiger charge is -2.36. The number of hydrogen-bond acceptors (Lipinski definition) is 3. The first kappa shape index (κ1) is 24.1. The number of nitrogens with zero attached hydrogens (tertiary/aromatic N) is 2. The third-order valence-electron chi connectivity index (χ3n) is 5.54. The normalized spacial score (nSPS) is 13.9. The molecule has 0 radical (unpaired) electrons. The van der Waals surface area contributed by atoms with Crippen LogP contribution in [0.3, 0.4) is 0 Å². The summed E-state index contributed by atoms with van der Waals surface area (Å²) in [7, 11) is 0. The van der Waals surface area contributed by atoms with E-state index in [0.29, 0.717) is 52.5 Å². The predicted octanol–water partition coefficient (Wildman–Crippen LogP) is 6.26. The summed E-state index contributed by atoms with van der Waals surface area (Å²) < 4.78 is 0. The minimum Gasteiger partial charge on any atom is -0.367 e. The van der Waals surface area contributed by atoms with Crippen molar-refractivity contribution in [3.8, 4) is 0 Å². The lowest BCUT2D eigenvalue weighted by atomic mass is 10.2. The zero-order valence-electron chi connectivity index (χ0n) is 18.2. The van der Waals surface area contributed by atoms with Crippen LogP contribution in [0.1, 0.15) is 15.9 Å². The quantitative estimate of drug-likeness (QED) is 0.409. The van der Waals surface area contributed by atoms with E-state index >= 15 is 0 Å². The van der Waals surface area contributed by atoms with Crippen LogP contribution in [0.5, 0.6) is 0 Å². The second-order valence-electron chi connectivity index (χ2n) is 7.81. The van der Waals surface area contributed by atoms with E-state index in [2.05, 4.69) is 10.2 Å². The van der Waals surface area contributed by atoms with Crippen LogP contribution in [-0.4, -0.2) is 42.9 Å². The fourth-order valence-corrected chi connectivity index (χ4v) is 4.28. The molecule has 1 aliphatic rings. The number of amides is 2. The molecule has 2 amide bonds. The van der Waals surface area contributed by atoms with E-state index in [4.69, 9.17) is 34.8 Å². The zero-order valence-corrected chi connectivity index (χ0v) is 20.4. The smallest absolute Gasteiger partial charge is 0.255 e. The number of carbonyl (C=O) groups is 2. The van der Waals surface area contributed by atoms with Gasteiger partial charge in [0.1, 0.15) is 0 Å². The highest BCUT2D eigenvalue weighted by Crippen LogP contribution is 2.30. The van der Waals surface area contributed by atoms with Gasteiger partial charge in [-0.3, -0.25) is 9.59 Å². The molecule has 1 aliphatic heterocycles. The molecule has 0 unspecified atom stereocenters. The van der Waals surface area contributed by atoms with Gasteiger partial charge in [-0.25, -0.2) is 0 Å². The van der Waals surface area contributed by atoms with Crippen LogP contribution in [0.25, 0.3) is 6.08 Å². The van der Waals surface area contributed by atoms with E-state index in [1.807, 2.05) is 47.4 Å². The molecule has 1 fully saturated rings. The number of hydrogen-bond donors (Lipinski definition) is 1. The van der Waals surface area contributed by atoms with Crippen LogP contribution in [0, 0.1) is 0 Å². The van der Waals surface area contributed by atoms with Gasteiger partial charge in [0.25, 0.3) is 5.91 Å². The van der Waals surface area contributed by atoms with E-state index in [-0.39, 0.29) is 11.8 Å². The first-order chi connectivity index (χ1) is 16.4. The largest absolute Gasteiger partial charge is 0.367 e. The summed E-state index contributed by atoms with van der Waals surface area (Å²) >= 11 is 18.4. The monoisotopic (exact) mass is 513 g/mol. The SMILES string of the molecule is O=C(Nc1ccc(N2CCN(C(=O)/C=C/c3ccccc3)CC2)c(Cl)c1)c1ccc(Cl)c(Cl)c1. The number of carbonyl (C=O) groups excluding carboxylic acids is 2. The highest BCUT2D eigenvalue weighted by molar-refractivity contribution is 6.42. The Balaban J connectivity index is 1.34. The summed E-state index contributed by atoms with van der Waals surface area (Å²) in [6.45, 7) is 2.54. The molecule has 5 nitrogen and oxygen atoms in total.